The summed E-state index contributed by atoms with van der Waals surface area (Å²) in [5.74, 6) is 1.71. The fourth-order valence-electron chi connectivity index (χ4n) is 2.38. The molecule has 1 saturated heterocycles. The van der Waals surface area contributed by atoms with Crippen LogP contribution in [0, 0.1) is 5.92 Å². The lowest BCUT2D eigenvalue weighted by atomic mass is 10.3. The minimum absolute atomic E-state index is 0. The van der Waals surface area contributed by atoms with Crippen LogP contribution in [-0.2, 0) is 11.8 Å². The third-order valence-corrected chi connectivity index (χ3v) is 3.60. The summed E-state index contributed by atoms with van der Waals surface area (Å²) in [6, 6.07) is 0. The molecule has 0 aromatic carbocycles. The second-order valence-electron chi connectivity index (χ2n) is 4.92. The van der Waals surface area contributed by atoms with Crippen LogP contribution in [0.5, 0.6) is 0 Å². The van der Waals surface area contributed by atoms with Crippen LogP contribution in [0.2, 0.25) is 0 Å². The largest absolute Gasteiger partial charge is 0.339 e. The zero-order valence-electron chi connectivity index (χ0n) is 10.6. The van der Waals surface area contributed by atoms with E-state index in [2.05, 4.69) is 9.88 Å². The topological polar surface area (TPSA) is 41.4 Å². The summed E-state index contributed by atoms with van der Waals surface area (Å²) in [5.41, 5.74) is 0. The Morgan fingerprint density at radius 3 is 2.44 bits per heavy atom. The molecule has 0 spiro atoms. The quantitative estimate of drug-likeness (QED) is 0.802. The van der Waals surface area contributed by atoms with Crippen LogP contribution >= 0.6 is 12.4 Å². The van der Waals surface area contributed by atoms with Crippen LogP contribution in [-0.4, -0.2) is 46.5 Å². The van der Waals surface area contributed by atoms with Gasteiger partial charge in [0.1, 0.15) is 0 Å². The molecule has 1 saturated carbocycles. The van der Waals surface area contributed by atoms with Gasteiger partial charge in [-0.1, -0.05) is 0 Å². The predicted molar refractivity (Wildman–Crippen MR) is 72.0 cm³/mol. The molecule has 1 aliphatic heterocycles. The maximum Gasteiger partial charge on any atom is 0.225 e. The molecule has 2 fully saturated rings. The molecule has 2 heterocycles. The van der Waals surface area contributed by atoms with Crippen molar-refractivity contribution in [3.63, 3.8) is 0 Å². The fourth-order valence-corrected chi connectivity index (χ4v) is 2.38. The molecule has 3 rings (SSSR count). The van der Waals surface area contributed by atoms with Crippen molar-refractivity contribution in [2.24, 2.45) is 13.0 Å². The van der Waals surface area contributed by atoms with Crippen LogP contribution in [0.4, 0.5) is 5.95 Å². The number of halogens is 1. The van der Waals surface area contributed by atoms with E-state index in [1.165, 1.54) is 0 Å². The number of imidazole rings is 1. The van der Waals surface area contributed by atoms with Gasteiger partial charge in [0, 0.05) is 51.5 Å². The molecule has 1 aromatic heterocycles. The van der Waals surface area contributed by atoms with E-state index in [9.17, 15) is 4.79 Å². The molecule has 0 radical (unpaired) electrons. The highest BCUT2D eigenvalue weighted by molar-refractivity contribution is 5.85. The Hall–Kier alpha value is -1.23. The van der Waals surface area contributed by atoms with E-state index < -0.39 is 0 Å². The van der Waals surface area contributed by atoms with Crippen LogP contribution in [0.1, 0.15) is 12.8 Å². The SMILES string of the molecule is Cl.Cn1ccnc1N1CCN(C(=O)C2CC2)CC1. The molecule has 0 unspecified atom stereocenters. The zero-order valence-corrected chi connectivity index (χ0v) is 11.4. The van der Waals surface area contributed by atoms with E-state index in [1.54, 1.807) is 0 Å². The number of carbonyl (C=O) groups is 1. The Morgan fingerprint density at radius 2 is 1.94 bits per heavy atom. The molecule has 0 N–H and O–H groups in total. The number of carbonyl (C=O) groups excluding carboxylic acids is 1. The minimum Gasteiger partial charge on any atom is -0.339 e. The number of hydrogen-bond acceptors (Lipinski definition) is 3. The predicted octanol–water partition coefficient (Wildman–Crippen LogP) is 0.900. The average Bonchev–Trinajstić information content (AvgIpc) is 3.12. The number of hydrogen-bond donors (Lipinski definition) is 0. The summed E-state index contributed by atoms with van der Waals surface area (Å²) in [6.45, 7) is 3.46. The van der Waals surface area contributed by atoms with Gasteiger partial charge in [-0.3, -0.25) is 4.79 Å². The van der Waals surface area contributed by atoms with Crippen molar-refractivity contribution in [3.8, 4) is 0 Å². The van der Waals surface area contributed by atoms with Crippen LogP contribution in [0.3, 0.4) is 0 Å². The first-order valence-electron chi connectivity index (χ1n) is 6.27. The number of nitrogens with zero attached hydrogens (tertiary/aromatic N) is 4. The first kappa shape index (κ1) is 13.2. The zero-order chi connectivity index (χ0) is 11.8. The van der Waals surface area contributed by atoms with Gasteiger partial charge in [0.2, 0.25) is 11.9 Å². The van der Waals surface area contributed by atoms with Crippen molar-refractivity contribution >= 4 is 24.3 Å². The van der Waals surface area contributed by atoms with Crippen molar-refractivity contribution in [1.82, 2.24) is 14.5 Å². The molecular formula is C12H19ClN4O. The molecule has 2 aliphatic rings. The summed E-state index contributed by atoms with van der Waals surface area (Å²) in [4.78, 5) is 20.5. The monoisotopic (exact) mass is 270 g/mol. The van der Waals surface area contributed by atoms with Gasteiger partial charge in [-0.15, -0.1) is 12.4 Å². The number of aromatic nitrogens is 2. The molecular weight excluding hydrogens is 252 g/mol. The van der Waals surface area contributed by atoms with Gasteiger partial charge in [-0.05, 0) is 12.8 Å². The van der Waals surface area contributed by atoms with E-state index in [-0.39, 0.29) is 12.4 Å². The van der Waals surface area contributed by atoms with Crippen molar-refractivity contribution in [2.45, 2.75) is 12.8 Å². The molecule has 0 atom stereocenters. The van der Waals surface area contributed by atoms with Crippen LogP contribution < -0.4 is 4.90 Å². The number of piperazine rings is 1. The van der Waals surface area contributed by atoms with Gasteiger partial charge >= 0.3 is 0 Å². The lowest BCUT2D eigenvalue weighted by Gasteiger charge is -2.35. The summed E-state index contributed by atoms with van der Waals surface area (Å²) in [6.07, 6.45) is 5.96. The third-order valence-electron chi connectivity index (χ3n) is 3.60. The lowest BCUT2D eigenvalue weighted by Crippen LogP contribution is -2.49. The highest BCUT2D eigenvalue weighted by Crippen LogP contribution is 2.31. The van der Waals surface area contributed by atoms with Crippen molar-refractivity contribution in [1.29, 1.82) is 0 Å². The maximum absolute atomic E-state index is 11.9. The van der Waals surface area contributed by atoms with Gasteiger partial charge in [0.25, 0.3) is 0 Å². The van der Waals surface area contributed by atoms with Crippen LogP contribution in [0.25, 0.3) is 0 Å². The summed E-state index contributed by atoms with van der Waals surface area (Å²) < 4.78 is 2.03. The van der Waals surface area contributed by atoms with Gasteiger partial charge in [0.15, 0.2) is 0 Å². The maximum atomic E-state index is 11.9. The Labute approximate surface area is 113 Å². The van der Waals surface area contributed by atoms with Gasteiger partial charge in [0.05, 0.1) is 0 Å². The molecule has 18 heavy (non-hydrogen) atoms. The van der Waals surface area contributed by atoms with E-state index in [0.29, 0.717) is 11.8 Å². The molecule has 6 heteroatoms. The molecule has 5 nitrogen and oxygen atoms in total. The Morgan fingerprint density at radius 1 is 1.28 bits per heavy atom. The fraction of sp³-hybridized carbons (Fsp3) is 0.667. The first-order valence-corrected chi connectivity index (χ1v) is 6.27. The van der Waals surface area contributed by atoms with Crippen molar-refractivity contribution in [2.75, 3.05) is 31.1 Å². The van der Waals surface area contributed by atoms with Gasteiger partial charge in [-0.2, -0.15) is 0 Å². The second-order valence-corrected chi connectivity index (χ2v) is 4.92. The molecule has 1 amide bonds. The van der Waals surface area contributed by atoms with Crippen molar-refractivity contribution in [3.05, 3.63) is 12.4 Å². The molecule has 1 aromatic rings. The summed E-state index contributed by atoms with van der Waals surface area (Å²) in [5, 5.41) is 0. The molecule has 0 bridgehead atoms. The Bertz CT molecular complexity index is 421. The van der Waals surface area contributed by atoms with E-state index >= 15 is 0 Å². The third kappa shape index (κ3) is 2.46. The van der Waals surface area contributed by atoms with Crippen LogP contribution in [0.15, 0.2) is 12.4 Å². The molecule has 100 valence electrons. The lowest BCUT2D eigenvalue weighted by molar-refractivity contribution is -0.132. The number of aryl methyl sites for hydroxylation is 1. The minimum atomic E-state index is 0. The normalized spacial score (nSPS) is 19.6. The first-order chi connectivity index (χ1) is 8.25. The Kier molecular flexibility index (Phi) is 3.80. The standard InChI is InChI=1S/C12H18N4O.ClH/c1-14-5-4-13-12(14)16-8-6-15(7-9-16)11(17)10-2-3-10;/h4-5,10H,2-3,6-9H2,1H3;1H. The number of amides is 1. The molecule has 1 aliphatic carbocycles. The smallest absolute Gasteiger partial charge is 0.225 e. The van der Waals surface area contributed by atoms with E-state index in [1.807, 2.05) is 28.9 Å². The number of rotatable bonds is 2. The average molecular weight is 271 g/mol. The summed E-state index contributed by atoms with van der Waals surface area (Å²) >= 11 is 0. The van der Waals surface area contributed by atoms with Crippen molar-refractivity contribution < 1.29 is 4.79 Å². The second kappa shape index (κ2) is 5.18. The van der Waals surface area contributed by atoms with Gasteiger partial charge in [-0.25, -0.2) is 4.98 Å². The van der Waals surface area contributed by atoms with Gasteiger partial charge < -0.3 is 14.4 Å². The highest BCUT2D eigenvalue weighted by atomic mass is 35.5. The van der Waals surface area contributed by atoms with E-state index in [0.717, 1.165) is 45.0 Å². The Balaban J connectivity index is 0.00000120. The summed E-state index contributed by atoms with van der Waals surface area (Å²) in [7, 11) is 2.00. The number of anilines is 1. The highest BCUT2D eigenvalue weighted by Gasteiger charge is 2.34. The van der Waals surface area contributed by atoms with E-state index in [4.69, 9.17) is 0 Å².